The van der Waals surface area contributed by atoms with Gasteiger partial charge in [0, 0.05) is 13.7 Å². The first-order valence-corrected chi connectivity index (χ1v) is 6.24. The Morgan fingerprint density at radius 3 is 2.81 bits per heavy atom. The van der Waals surface area contributed by atoms with Crippen LogP contribution in [-0.2, 0) is 9.53 Å². The third kappa shape index (κ3) is 6.08. The van der Waals surface area contributed by atoms with Crippen LogP contribution in [0, 0.1) is 5.92 Å². The minimum absolute atomic E-state index is 0.0588. The lowest BCUT2D eigenvalue weighted by molar-refractivity contribution is -0.122. The smallest absolute Gasteiger partial charge is 0.236 e. The summed E-state index contributed by atoms with van der Waals surface area (Å²) in [7, 11) is 1.63. The van der Waals surface area contributed by atoms with Gasteiger partial charge in [-0.2, -0.15) is 0 Å². The lowest BCUT2D eigenvalue weighted by Gasteiger charge is -2.13. The fraction of sp³-hybridized carbons (Fsp3) is 0.917. The van der Waals surface area contributed by atoms with E-state index in [0.717, 1.165) is 12.5 Å². The molecule has 1 aliphatic rings. The molecule has 0 aromatic carbocycles. The second-order valence-electron chi connectivity index (χ2n) is 4.55. The number of amides is 1. The molecule has 1 atom stereocenters. The standard InChI is InChI=1S/C12H24N2O2/c1-10(12(15)14-8-9-16-2)13-7-3-4-11-5-6-11/h10-11,13H,3-9H2,1-2H3,(H,14,15). The van der Waals surface area contributed by atoms with Crippen molar-refractivity contribution in [3.05, 3.63) is 0 Å². The van der Waals surface area contributed by atoms with Crippen LogP contribution in [0.3, 0.4) is 0 Å². The Bertz CT molecular complexity index is 205. The summed E-state index contributed by atoms with van der Waals surface area (Å²) in [5, 5.41) is 6.06. The second kappa shape index (κ2) is 7.63. The number of carbonyl (C=O) groups is 1. The zero-order valence-corrected chi connectivity index (χ0v) is 10.4. The lowest BCUT2D eigenvalue weighted by atomic mass is 10.2. The van der Waals surface area contributed by atoms with E-state index in [4.69, 9.17) is 4.74 Å². The molecule has 0 aromatic rings. The van der Waals surface area contributed by atoms with Gasteiger partial charge in [0.1, 0.15) is 0 Å². The minimum Gasteiger partial charge on any atom is -0.383 e. The van der Waals surface area contributed by atoms with Gasteiger partial charge in [-0.3, -0.25) is 4.79 Å². The SMILES string of the molecule is COCCNC(=O)C(C)NCCCC1CC1. The molecule has 0 aliphatic heterocycles. The molecule has 1 amide bonds. The first kappa shape index (κ1) is 13.5. The molecule has 94 valence electrons. The molecule has 4 nitrogen and oxygen atoms in total. The van der Waals surface area contributed by atoms with Gasteiger partial charge in [-0.1, -0.05) is 12.8 Å². The molecular weight excluding hydrogens is 204 g/mol. The van der Waals surface area contributed by atoms with E-state index in [0.29, 0.717) is 13.2 Å². The van der Waals surface area contributed by atoms with Gasteiger partial charge in [-0.05, 0) is 32.2 Å². The molecule has 1 fully saturated rings. The van der Waals surface area contributed by atoms with E-state index in [1.807, 2.05) is 6.92 Å². The summed E-state index contributed by atoms with van der Waals surface area (Å²) in [6.07, 6.45) is 5.31. The predicted octanol–water partition coefficient (Wildman–Crippen LogP) is 0.917. The largest absolute Gasteiger partial charge is 0.383 e. The van der Waals surface area contributed by atoms with E-state index in [2.05, 4.69) is 10.6 Å². The highest BCUT2D eigenvalue weighted by molar-refractivity contribution is 5.81. The maximum Gasteiger partial charge on any atom is 0.236 e. The van der Waals surface area contributed by atoms with Gasteiger partial charge in [0.05, 0.1) is 12.6 Å². The maximum atomic E-state index is 11.5. The van der Waals surface area contributed by atoms with Crippen LogP contribution in [0.2, 0.25) is 0 Å². The number of ether oxygens (including phenoxy) is 1. The summed E-state index contributed by atoms with van der Waals surface area (Å²) in [6.45, 7) is 4.00. The first-order valence-electron chi connectivity index (χ1n) is 6.24. The van der Waals surface area contributed by atoms with Crippen LogP contribution in [0.15, 0.2) is 0 Å². The Labute approximate surface area is 98.1 Å². The van der Waals surface area contributed by atoms with Crippen molar-refractivity contribution in [3.63, 3.8) is 0 Å². The van der Waals surface area contributed by atoms with Gasteiger partial charge >= 0.3 is 0 Å². The fourth-order valence-corrected chi connectivity index (χ4v) is 1.64. The Kier molecular flexibility index (Phi) is 6.42. The minimum atomic E-state index is -0.101. The Balaban J connectivity index is 1.94. The number of nitrogens with one attached hydrogen (secondary N) is 2. The van der Waals surface area contributed by atoms with Gasteiger partial charge in [-0.25, -0.2) is 0 Å². The van der Waals surface area contributed by atoms with Gasteiger partial charge in [0.15, 0.2) is 0 Å². The van der Waals surface area contributed by atoms with Crippen LogP contribution in [0.25, 0.3) is 0 Å². The molecule has 4 heteroatoms. The van der Waals surface area contributed by atoms with E-state index >= 15 is 0 Å². The van der Waals surface area contributed by atoms with Crippen LogP contribution in [0.5, 0.6) is 0 Å². The number of rotatable bonds is 9. The van der Waals surface area contributed by atoms with E-state index in [-0.39, 0.29) is 11.9 Å². The van der Waals surface area contributed by atoms with Crippen molar-refractivity contribution in [2.45, 2.75) is 38.6 Å². The van der Waals surface area contributed by atoms with E-state index in [1.54, 1.807) is 7.11 Å². The fourth-order valence-electron chi connectivity index (χ4n) is 1.64. The highest BCUT2D eigenvalue weighted by Gasteiger charge is 2.20. The zero-order valence-electron chi connectivity index (χ0n) is 10.4. The molecule has 0 bridgehead atoms. The quantitative estimate of drug-likeness (QED) is 0.577. The molecule has 2 N–H and O–H groups in total. The molecule has 0 spiro atoms. The average molecular weight is 228 g/mol. The van der Waals surface area contributed by atoms with Gasteiger partial charge < -0.3 is 15.4 Å². The normalized spacial score (nSPS) is 17.1. The number of hydrogen-bond donors (Lipinski definition) is 2. The van der Waals surface area contributed by atoms with Crippen molar-refractivity contribution in [2.75, 3.05) is 26.8 Å². The molecule has 1 unspecified atom stereocenters. The lowest BCUT2D eigenvalue weighted by Crippen LogP contribution is -2.43. The van der Waals surface area contributed by atoms with Crippen molar-refractivity contribution in [1.82, 2.24) is 10.6 Å². The van der Waals surface area contributed by atoms with Gasteiger partial charge in [0.25, 0.3) is 0 Å². The Hall–Kier alpha value is -0.610. The molecule has 0 radical (unpaired) electrons. The number of carbonyl (C=O) groups excluding carboxylic acids is 1. The van der Waals surface area contributed by atoms with Gasteiger partial charge in [-0.15, -0.1) is 0 Å². The van der Waals surface area contributed by atoms with E-state index < -0.39 is 0 Å². The third-order valence-electron chi connectivity index (χ3n) is 2.94. The van der Waals surface area contributed by atoms with Crippen LogP contribution >= 0.6 is 0 Å². The van der Waals surface area contributed by atoms with Crippen molar-refractivity contribution in [2.24, 2.45) is 5.92 Å². The Morgan fingerprint density at radius 2 is 2.19 bits per heavy atom. The number of hydrogen-bond acceptors (Lipinski definition) is 3. The topological polar surface area (TPSA) is 50.4 Å². The molecule has 0 aromatic heterocycles. The summed E-state index contributed by atoms with van der Waals surface area (Å²) >= 11 is 0. The van der Waals surface area contributed by atoms with E-state index in [1.165, 1.54) is 25.7 Å². The van der Waals surface area contributed by atoms with Crippen molar-refractivity contribution >= 4 is 5.91 Å². The van der Waals surface area contributed by atoms with Crippen molar-refractivity contribution < 1.29 is 9.53 Å². The summed E-state index contributed by atoms with van der Waals surface area (Å²) < 4.78 is 4.87. The monoisotopic (exact) mass is 228 g/mol. The molecule has 0 heterocycles. The predicted molar refractivity (Wildman–Crippen MR) is 64.3 cm³/mol. The van der Waals surface area contributed by atoms with Crippen LogP contribution in [0.1, 0.15) is 32.6 Å². The Morgan fingerprint density at radius 1 is 1.44 bits per heavy atom. The molecule has 0 saturated heterocycles. The molecule has 1 rings (SSSR count). The van der Waals surface area contributed by atoms with E-state index in [9.17, 15) is 4.79 Å². The molecule has 16 heavy (non-hydrogen) atoms. The third-order valence-corrected chi connectivity index (χ3v) is 2.94. The summed E-state index contributed by atoms with van der Waals surface area (Å²) in [5.74, 6) is 1.04. The van der Waals surface area contributed by atoms with Crippen LogP contribution in [-0.4, -0.2) is 38.8 Å². The zero-order chi connectivity index (χ0) is 11.8. The second-order valence-corrected chi connectivity index (χ2v) is 4.55. The highest BCUT2D eigenvalue weighted by Crippen LogP contribution is 2.33. The van der Waals surface area contributed by atoms with Crippen molar-refractivity contribution in [3.8, 4) is 0 Å². The first-order chi connectivity index (χ1) is 7.74. The number of methoxy groups -OCH3 is 1. The molecule has 1 saturated carbocycles. The average Bonchev–Trinajstić information content (AvgIpc) is 3.08. The van der Waals surface area contributed by atoms with Crippen LogP contribution in [0.4, 0.5) is 0 Å². The van der Waals surface area contributed by atoms with Crippen molar-refractivity contribution in [1.29, 1.82) is 0 Å². The molecule has 1 aliphatic carbocycles. The summed E-state index contributed by atoms with van der Waals surface area (Å²) in [4.78, 5) is 11.5. The maximum absolute atomic E-state index is 11.5. The van der Waals surface area contributed by atoms with Crippen LogP contribution < -0.4 is 10.6 Å². The summed E-state index contributed by atoms with van der Waals surface area (Å²) in [5.41, 5.74) is 0. The van der Waals surface area contributed by atoms with Gasteiger partial charge in [0.2, 0.25) is 5.91 Å². The summed E-state index contributed by atoms with van der Waals surface area (Å²) in [6, 6.07) is -0.101. The highest BCUT2D eigenvalue weighted by atomic mass is 16.5. The molecular formula is C12H24N2O2.